The van der Waals surface area contributed by atoms with Crippen molar-refractivity contribution < 1.29 is 0 Å². The number of hydrogen-bond donors (Lipinski definition) is 2. The minimum absolute atomic E-state index is 0.270. The molecule has 2 N–H and O–H groups in total. The zero-order chi connectivity index (χ0) is 18.6. The van der Waals surface area contributed by atoms with Gasteiger partial charge < -0.3 is 10.6 Å². The van der Waals surface area contributed by atoms with E-state index >= 15 is 0 Å². The Morgan fingerprint density at radius 1 is 1.19 bits per heavy atom. The normalized spacial score (nSPS) is 16.9. The molecular formula is C21H26N6. The Kier molecular flexibility index (Phi) is 5.27. The second-order valence-electron chi connectivity index (χ2n) is 7.16. The second kappa shape index (κ2) is 7.98. The van der Waals surface area contributed by atoms with Crippen molar-refractivity contribution in [3.63, 3.8) is 0 Å². The highest BCUT2D eigenvalue weighted by molar-refractivity contribution is 5.81. The summed E-state index contributed by atoms with van der Waals surface area (Å²) >= 11 is 0. The lowest BCUT2D eigenvalue weighted by Gasteiger charge is -2.19. The molecule has 27 heavy (non-hydrogen) atoms. The maximum Gasteiger partial charge on any atom is 0.147 e. The van der Waals surface area contributed by atoms with Crippen molar-refractivity contribution in [1.29, 1.82) is 0 Å². The van der Waals surface area contributed by atoms with E-state index in [4.69, 9.17) is 4.98 Å². The largest absolute Gasteiger partial charge is 0.373 e. The average Bonchev–Trinajstić information content (AvgIpc) is 3.23. The van der Waals surface area contributed by atoms with Gasteiger partial charge in [0.1, 0.15) is 11.6 Å². The highest BCUT2D eigenvalue weighted by Crippen LogP contribution is 2.23. The number of nitrogens with zero attached hydrogens (tertiary/aromatic N) is 4. The van der Waals surface area contributed by atoms with Crippen LogP contribution in [0.3, 0.4) is 0 Å². The summed E-state index contributed by atoms with van der Waals surface area (Å²) in [6.45, 7) is 2.66. The molecule has 0 unspecified atom stereocenters. The third-order valence-electron chi connectivity index (χ3n) is 5.03. The average molecular weight is 362 g/mol. The number of pyridine rings is 1. The van der Waals surface area contributed by atoms with E-state index in [-0.39, 0.29) is 6.04 Å². The number of hydrogen-bond acceptors (Lipinski definition) is 6. The van der Waals surface area contributed by atoms with Gasteiger partial charge in [0, 0.05) is 37.8 Å². The van der Waals surface area contributed by atoms with Crippen molar-refractivity contribution in [2.24, 2.45) is 0 Å². The fourth-order valence-electron chi connectivity index (χ4n) is 3.72. The van der Waals surface area contributed by atoms with Gasteiger partial charge in [-0.2, -0.15) is 0 Å². The smallest absolute Gasteiger partial charge is 0.147 e. The van der Waals surface area contributed by atoms with Gasteiger partial charge in [-0.1, -0.05) is 18.2 Å². The molecular weight excluding hydrogens is 336 g/mol. The van der Waals surface area contributed by atoms with E-state index in [2.05, 4.69) is 56.8 Å². The van der Waals surface area contributed by atoms with Crippen molar-refractivity contribution in [2.45, 2.75) is 32.0 Å². The zero-order valence-corrected chi connectivity index (χ0v) is 15.9. The van der Waals surface area contributed by atoms with Crippen LogP contribution in [0.15, 0.2) is 42.6 Å². The zero-order valence-electron chi connectivity index (χ0n) is 15.9. The van der Waals surface area contributed by atoms with E-state index in [1.807, 2.05) is 25.4 Å². The molecule has 0 amide bonds. The van der Waals surface area contributed by atoms with Gasteiger partial charge in [0.05, 0.1) is 17.3 Å². The molecule has 140 valence electrons. The Morgan fingerprint density at radius 3 is 2.93 bits per heavy atom. The third-order valence-corrected chi connectivity index (χ3v) is 5.03. The van der Waals surface area contributed by atoms with Gasteiger partial charge in [0.15, 0.2) is 0 Å². The van der Waals surface area contributed by atoms with Crippen LogP contribution in [0.25, 0.3) is 10.9 Å². The highest BCUT2D eigenvalue weighted by Gasteiger charge is 2.20. The van der Waals surface area contributed by atoms with E-state index < -0.39 is 0 Å². The first-order valence-corrected chi connectivity index (χ1v) is 9.53. The molecule has 1 aliphatic rings. The molecule has 0 bridgehead atoms. The Labute approximate surface area is 160 Å². The minimum Gasteiger partial charge on any atom is -0.373 e. The topological polar surface area (TPSA) is 66.0 Å². The summed E-state index contributed by atoms with van der Waals surface area (Å²) in [6, 6.07) is 12.8. The predicted molar refractivity (Wildman–Crippen MR) is 108 cm³/mol. The lowest BCUT2D eigenvalue weighted by Crippen LogP contribution is -2.21. The van der Waals surface area contributed by atoms with E-state index in [0.717, 1.165) is 48.9 Å². The fraction of sp³-hybridized carbons (Fsp3) is 0.381. The molecule has 0 saturated carbocycles. The van der Waals surface area contributed by atoms with Gasteiger partial charge in [0.2, 0.25) is 0 Å². The van der Waals surface area contributed by atoms with Gasteiger partial charge >= 0.3 is 0 Å². The van der Waals surface area contributed by atoms with Crippen LogP contribution >= 0.6 is 0 Å². The molecule has 0 spiro atoms. The van der Waals surface area contributed by atoms with E-state index in [9.17, 15) is 0 Å². The molecule has 2 aromatic heterocycles. The van der Waals surface area contributed by atoms with Crippen LogP contribution < -0.4 is 10.6 Å². The molecule has 3 aromatic rings. The summed E-state index contributed by atoms with van der Waals surface area (Å²) in [7, 11) is 4.04. The van der Waals surface area contributed by atoms with E-state index in [0.29, 0.717) is 0 Å². The van der Waals surface area contributed by atoms with Crippen LogP contribution in [0.1, 0.15) is 36.0 Å². The summed E-state index contributed by atoms with van der Waals surface area (Å²) in [6.07, 6.45) is 4.13. The SMILES string of the molecule is CNc1cc(CN(C)Cc2cccc3ncccc23)nc([C@@H]2CCCN2)n1. The lowest BCUT2D eigenvalue weighted by atomic mass is 10.1. The van der Waals surface area contributed by atoms with Crippen LogP contribution in [-0.4, -0.2) is 40.5 Å². The second-order valence-corrected chi connectivity index (χ2v) is 7.16. The van der Waals surface area contributed by atoms with Gasteiger partial charge in [-0.25, -0.2) is 9.97 Å². The lowest BCUT2D eigenvalue weighted by molar-refractivity contribution is 0.315. The minimum atomic E-state index is 0.270. The summed E-state index contributed by atoms with van der Waals surface area (Å²) in [5, 5.41) is 7.87. The number of fused-ring (bicyclic) bond motifs is 1. The number of aromatic nitrogens is 3. The molecule has 1 aliphatic heterocycles. The molecule has 1 atom stereocenters. The number of benzene rings is 1. The highest BCUT2D eigenvalue weighted by atomic mass is 15.1. The van der Waals surface area contributed by atoms with Crippen molar-refractivity contribution in [3.8, 4) is 0 Å². The van der Waals surface area contributed by atoms with E-state index in [1.54, 1.807) is 0 Å². The molecule has 1 aromatic carbocycles. The van der Waals surface area contributed by atoms with Crippen LogP contribution in [-0.2, 0) is 13.1 Å². The summed E-state index contributed by atoms with van der Waals surface area (Å²) in [4.78, 5) is 16.2. The molecule has 3 heterocycles. The predicted octanol–water partition coefficient (Wildman–Crippen LogP) is 3.12. The third kappa shape index (κ3) is 4.07. The summed E-state index contributed by atoms with van der Waals surface area (Å²) in [5.41, 5.74) is 3.36. The number of rotatable bonds is 6. The Hall–Kier alpha value is -2.57. The first-order chi connectivity index (χ1) is 13.2. The fourth-order valence-corrected chi connectivity index (χ4v) is 3.72. The number of nitrogens with one attached hydrogen (secondary N) is 2. The molecule has 1 saturated heterocycles. The van der Waals surface area contributed by atoms with Crippen molar-refractivity contribution in [2.75, 3.05) is 26.0 Å². The van der Waals surface area contributed by atoms with Crippen molar-refractivity contribution in [3.05, 3.63) is 59.7 Å². The quantitative estimate of drug-likeness (QED) is 0.702. The van der Waals surface area contributed by atoms with Crippen LogP contribution in [0.2, 0.25) is 0 Å². The van der Waals surface area contributed by atoms with Gasteiger partial charge in [-0.15, -0.1) is 0 Å². The first-order valence-electron chi connectivity index (χ1n) is 9.53. The van der Waals surface area contributed by atoms with Gasteiger partial charge in [0.25, 0.3) is 0 Å². The standard InChI is InChI=1S/C21H26N6/c1-22-20-12-16(25-21(26-20)19-9-5-11-24-19)14-27(2)13-15-6-3-8-18-17(15)7-4-10-23-18/h3-4,6-8,10,12,19,24H,5,9,11,13-14H2,1-2H3,(H,22,25,26)/t19-/m0/s1. The maximum atomic E-state index is 4.84. The van der Waals surface area contributed by atoms with Crippen LogP contribution in [0.4, 0.5) is 5.82 Å². The molecule has 4 rings (SSSR count). The van der Waals surface area contributed by atoms with E-state index in [1.165, 1.54) is 17.4 Å². The Morgan fingerprint density at radius 2 is 2.11 bits per heavy atom. The molecule has 6 heteroatoms. The molecule has 6 nitrogen and oxygen atoms in total. The van der Waals surface area contributed by atoms with Crippen molar-refractivity contribution >= 4 is 16.7 Å². The molecule has 0 radical (unpaired) electrons. The van der Waals surface area contributed by atoms with Gasteiger partial charge in [-0.3, -0.25) is 9.88 Å². The number of anilines is 1. The molecule has 1 fully saturated rings. The molecule has 0 aliphatic carbocycles. The monoisotopic (exact) mass is 362 g/mol. The Bertz CT molecular complexity index is 914. The summed E-state index contributed by atoms with van der Waals surface area (Å²) in [5.74, 6) is 1.78. The van der Waals surface area contributed by atoms with Crippen LogP contribution in [0.5, 0.6) is 0 Å². The van der Waals surface area contributed by atoms with Crippen LogP contribution in [0, 0.1) is 0 Å². The Balaban J connectivity index is 1.53. The first kappa shape index (κ1) is 17.8. The maximum absolute atomic E-state index is 4.84. The van der Waals surface area contributed by atoms with Crippen molar-refractivity contribution in [1.82, 2.24) is 25.2 Å². The summed E-state index contributed by atoms with van der Waals surface area (Å²) < 4.78 is 0. The van der Waals surface area contributed by atoms with Gasteiger partial charge in [-0.05, 0) is 44.1 Å².